The lowest BCUT2D eigenvalue weighted by Crippen LogP contribution is -2.13. The molecule has 1 amide bonds. The molecule has 3 aromatic carbocycles. The fourth-order valence-corrected chi connectivity index (χ4v) is 3.41. The number of rotatable bonds is 5. The highest BCUT2D eigenvalue weighted by Crippen LogP contribution is 2.25. The van der Waals surface area contributed by atoms with E-state index in [1.165, 1.54) is 0 Å². The summed E-state index contributed by atoms with van der Waals surface area (Å²) in [6.45, 7) is 1.77. The number of carbonyl (C=O) groups excluding carboxylic acids is 1. The molecule has 0 fully saturated rings. The fourth-order valence-electron chi connectivity index (χ4n) is 3.05. The smallest absolute Gasteiger partial charge is 0.260 e. The number of benzene rings is 3. The fraction of sp³-hybridized carbons (Fsp3) is 0.0435. The molecule has 0 spiro atoms. The lowest BCUT2D eigenvalue weighted by Gasteiger charge is -2.10. The maximum Gasteiger partial charge on any atom is 0.260 e. The summed E-state index contributed by atoms with van der Waals surface area (Å²) in [5.74, 6) is -0.299. The largest absolute Gasteiger partial charge is 0.355 e. The highest BCUT2D eigenvalue weighted by atomic mass is 35.5. The van der Waals surface area contributed by atoms with Crippen LogP contribution in [-0.2, 0) is 0 Å². The van der Waals surface area contributed by atoms with Crippen LogP contribution < -0.4 is 10.6 Å². The van der Waals surface area contributed by atoms with Crippen molar-refractivity contribution in [3.63, 3.8) is 0 Å². The Morgan fingerprint density at radius 2 is 1.48 bits per heavy atom. The Labute approximate surface area is 174 Å². The molecule has 0 atom stereocenters. The molecule has 0 aliphatic heterocycles. The van der Waals surface area contributed by atoms with Crippen LogP contribution in [0, 0.1) is 6.92 Å². The van der Waals surface area contributed by atoms with Gasteiger partial charge in [-0.05, 0) is 49.4 Å². The lowest BCUT2D eigenvalue weighted by atomic mass is 10.2. The third-order valence-corrected chi connectivity index (χ3v) is 4.76. The van der Waals surface area contributed by atoms with E-state index < -0.39 is 0 Å². The molecule has 5 nitrogen and oxygen atoms in total. The van der Waals surface area contributed by atoms with E-state index in [1.807, 2.05) is 84.9 Å². The van der Waals surface area contributed by atoms with Gasteiger partial charge < -0.3 is 10.6 Å². The van der Waals surface area contributed by atoms with Crippen LogP contribution in [0.3, 0.4) is 0 Å². The number of amides is 1. The van der Waals surface area contributed by atoms with E-state index in [0.29, 0.717) is 16.9 Å². The normalized spacial score (nSPS) is 10.6. The second-order valence-electron chi connectivity index (χ2n) is 6.52. The van der Waals surface area contributed by atoms with Gasteiger partial charge in [-0.2, -0.15) is 5.10 Å². The van der Waals surface area contributed by atoms with E-state index in [9.17, 15) is 4.79 Å². The zero-order chi connectivity index (χ0) is 20.2. The topological polar surface area (TPSA) is 59.0 Å². The van der Waals surface area contributed by atoms with Gasteiger partial charge in [0.15, 0.2) is 0 Å². The minimum absolute atomic E-state index is 0.282. The quantitative estimate of drug-likeness (QED) is 0.441. The molecule has 1 heterocycles. The van der Waals surface area contributed by atoms with Gasteiger partial charge in [0.05, 0.1) is 11.4 Å². The third-order valence-electron chi connectivity index (χ3n) is 4.41. The van der Waals surface area contributed by atoms with Crippen LogP contribution in [0.4, 0.5) is 17.1 Å². The van der Waals surface area contributed by atoms with E-state index in [4.69, 9.17) is 11.6 Å². The number of nitrogens with one attached hydrogen (secondary N) is 2. The molecule has 4 aromatic rings. The first-order valence-electron chi connectivity index (χ1n) is 9.16. The van der Waals surface area contributed by atoms with Crippen LogP contribution in [0.25, 0.3) is 5.69 Å². The number of halogens is 1. The zero-order valence-corrected chi connectivity index (χ0v) is 16.5. The van der Waals surface area contributed by atoms with Gasteiger partial charge in [-0.3, -0.25) is 4.79 Å². The first-order valence-corrected chi connectivity index (χ1v) is 9.53. The molecule has 0 aliphatic carbocycles. The van der Waals surface area contributed by atoms with Gasteiger partial charge in [0.2, 0.25) is 0 Å². The maximum absolute atomic E-state index is 12.9. The number of nitrogens with zero attached hydrogens (tertiary/aromatic N) is 2. The van der Waals surface area contributed by atoms with Crippen LogP contribution in [0.15, 0.2) is 84.9 Å². The Balaban J connectivity index is 1.56. The number of anilines is 3. The summed E-state index contributed by atoms with van der Waals surface area (Å²) in [5.41, 5.74) is 4.23. The van der Waals surface area contributed by atoms with Gasteiger partial charge in [-0.15, -0.1) is 0 Å². The molecule has 144 valence electrons. The minimum atomic E-state index is -0.299. The van der Waals surface area contributed by atoms with E-state index in [2.05, 4.69) is 15.7 Å². The van der Waals surface area contributed by atoms with Crippen molar-refractivity contribution in [1.82, 2.24) is 9.78 Å². The Morgan fingerprint density at radius 1 is 0.862 bits per heavy atom. The van der Waals surface area contributed by atoms with Crippen molar-refractivity contribution >= 4 is 34.6 Å². The van der Waals surface area contributed by atoms with Gasteiger partial charge in [-0.1, -0.05) is 54.1 Å². The van der Waals surface area contributed by atoms with Crippen LogP contribution >= 0.6 is 11.6 Å². The number of hydrogen-bond acceptors (Lipinski definition) is 3. The standard InChI is InChI=1S/C23H19ClN4O/c1-16-21(22(24)28(27-16)20-13-6-3-7-14-20)23(29)26-19-12-8-11-18(15-19)25-17-9-4-2-5-10-17/h2-15,25H,1H3,(H,26,29). The van der Waals surface area contributed by atoms with Crippen molar-refractivity contribution in [1.29, 1.82) is 0 Å². The van der Waals surface area contributed by atoms with E-state index in [-0.39, 0.29) is 11.1 Å². The zero-order valence-electron chi connectivity index (χ0n) is 15.8. The molecule has 0 radical (unpaired) electrons. The minimum Gasteiger partial charge on any atom is -0.355 e. The SMILES string of the molecule is Cc1nn(-c2ccccc2)c(Cl)c1C(=O)Nc1cccc(Nc2ccccc2)c1. The Kier molecular flexibility index (Phi) is 5.31. The van der Waals surface area contributed by atoms with E-state index in [0.717, 1.165) is 17.1 Å². The second kappa shape index (κ2) is 8.20. The van der Waals surface area contributed by atoms with Crippen molar-refractivity contribution in [3.05, 3.63) is 101 Å². The first-order chi connectivity index (χ1) is 14.1. The number of hydrogen-bond donors (Lipinski definition) is 2. The Morgan fingerprint density at radius 3 is 2.21 bits per heavy atom. The molecule has 0 saturated heterocycles. The molecule has 29 heavy (non-hydrogen) atoms. The summed E-state index contributed by atoms with van der Waals surface area (Å²) >= 11 is 6.49. The number of carbonyl (C=O) groups is 1. The lowest BCUT2D eigenvalue weighted by molar-refractivity contribution is 0.102. The third kappa shape index (κ3) is 4.15. The first kappa shape index (κ1) is 18.8. The summed E-state index contributed by atoms with van der Waals surface area (Å²) in [6, 6.07) is 26.8. The highest BCUT2D eigenvalue weighted by molar-refractivity contribution is 6.34. The molecule has 6 heteroatoms. The van der Waals surface area contributed by atoms with Crippen molar-refractivity contribution < 1.29 is 4.79 Å². The molecular weight excluding hydrogens is 384 g/mol. The van der Waals surface area contributed by atoms with Crippen molar-refractivity contribution in [2.24, 2.45) is 0 Å². The van der Waals surface area contributed by atoms with Crippen molar-refractivity contribution in [2.45, 2.75) is 6.92 Å². The summed E-state index contributed by atoms with van der Waals surface area (Å²) in [7, 11) is 0. The number of aryl methyl sites for hydroxylation is 1. The predicted molar refractivity (Wildman–Crippen MR) is 117 cm³/mol. The average Bonchev–Trinajstić information content (AvgIpc) is 3.04. The van der Waals surface area contributed by atoms with Crippen LogP contribution in [0.1, 0.15) is 16.1 Å². The molecule has 2 N–H and O–H groups in total. The monoisotopic (exact) mass is 402 g/mol. The number of aromatic nitrogens is 2. The van der Waals surface area contributed by atoms with Gasteiger partial charge >= 0.3 is 0 Å². The predicted octanol–water partition coefficient (Wildman–Crippen LogP) is 5.83. The van der Waals surface area contributed by atoms with Gasteiger partial charge in [-0.25, -0.2) is 4.68 Å². The molecular formula is C23H19ClN4O. The second-order valence-corrected chi connectivity index (χ2v) is 6.88. The van der Waals surface area contributed by atoms with Gasteiger partial charge in [0.1, 0.15) is 10.7 Å². The highest BCUT2D eigenvalue weighted by Gasteiger charge is 2.21. The van der Waals surface area contributed by atoms with E-state index in [1.54, 1.807) is 11.6 Å². The molecule has 4 rings (SSSR count). The summed E-state index contributed by atoms with van der Waals surface area (Å²) in [5, 5.41) is 10.9. The van der Waals surface area contributed by atoms with Crippen molar-refractivity contribution in [2.75, 3.05) is 10.6 Å². The average molecular weight is 403 g/mol. The Bertz CT molecular complexity index is 1140. The molecule has 0 bridgehead atoms. The van der Waals surface area contributed by atoms with Crippen molar-refractivity contribution in [3.8, 4) is 5.69 Å². The maximum atomic E-state index is 12.9. The molecule has 0 aliphatic rings. The summed E-state index contributed by atoms with van der Waals surface area (Å²) < 4.78 is 1.57. The molecule has 1 aromatic heterocycles. The molecule has 0 saturated carbocycles. The van der Waals surface area contributed by atoms with Gasteiger partial charge in [0, 0.05) is 17.1 Å². The number of para-hydroxylation sites is 2. The van der Waals surface area contributed by atoms with Crippen LogP contribution in [0.5, 0.6) is 0 Å². The van der Waals surface area contributed by atoms with Crippen LogP contribution in [-0.4, -0.2) is 15.7 Å². The summed E-state index contributed by atoms with van der Waals surface area (Å²) in [6.07, 6.45) is 0. The van der Waals surface area contributed by atoms with Gasteiger partial charge in [0.25, 0.3) is 5.91 Å². The van der Waals surface area contributed by atoms with E-state index >= 15 is 0 Å². The summed E-state index contributed by atoms with van der Waals surface area (Å²) in [4.78, 5) is 12.9. The van der Waals surface area contributed by atoms with Crippen LogP contribution in [0.2, 0.25) is 5.15 Å². The Hall–Kier alpha value is -3.57. The molecule has 0 unspecified atom stereocenters.